The fraction of sp³-hybridized carbons (Fsp3) is 0.188. The molecule has 23 heavy (non-hydrogen) atoms. The summed E-state index contributed by atoms with van der Waals surface area (Å²) in [6.45, 7) is -2.96. The highest BCUT2D eigenvalue weighted by molar-refractivity contribution is 6.32. The first kappa shape index (κ1) is 17.0. The predicted octanol–water partition coefficient (Wildman–Crippen LogP) is 4.26. The molecule has 0 saturated carbocycles. The number of alkyl halides is 2. The minimum Gasteiger partial charge on any atom is -0.433 e. The van der Waals surface area contributed by atoms with E-state index < -0.39 is 6.61 Å². The summed E-state index contributed by atoms with van der Waals surface area (Å²) in [6, 6.07) is 11.1. The summed E-state index contributed by atoms with van der Waals surface area (Å²) in [5.41, 5.74) is 1.83. The number of halogens is 3. The zero-order chi connectivity index (χ0) is 17.0. The number of carbonyl (C=O) groups excluding carboxylic acids is 1. The molecular formula is C16H15ClF2N2O2. The summed E-state index contributed by atoms with van der Waals surface area (Å²) in [4.78, 5) is 14.1. The third-order valence-electron chi connectivity index (χ3n) is 3.05. The zero-order valence-electron chi connectivity index (χ0n) is 12.5. The third-order valence-corrected chi connectivity index (χ3v) is 3.35. The Kier molecular flexibility index (Phi) is 5.39. The average molecular weight is 341 g/mol. The molecule has 0 unspecified atom stereocenters. The van der Waals surface area contributed by atoms with Crippen LogP contribution in [0.25, 0.3) is 0 Å². The van der Waals surface area contributed by atoms with Crippen molar-refractivity contribution in [2.75, 3.05) is 24.3 Å². The quantitative estimate of drug-likeness (QED) is 0.884. The van der Waals surface area contributed by atoms with Gasteiger partial charge >= 0.3 is 6.61 Å². The van der Waals surface area contributed by atoms with E-state index in [1.165, 1.54) is 18.2 Å². The summed E-state index contributed by atoms with van der Waals surface area (Å²) < 4.78 is 28.6. The molecule has 0 aliphatic carbocycles. The number of anilines is 2. The molecule has 0 heterocycles. The van der Waals surface area contributed by atoms with Gasteiger partial charge in [-0.2, -0.15) is 8.78 Å². The molecule has 0 saturated heterocycles. The topological polar surface area (TPSA) is 41.6 Å². The van der Waals surface area contributed by atoms with Crippen LogP contribution in [0.5, 0.6) is 5.75 Å². The van der Waals surface area contributed by atoms with Crippen LogP contribution in [0.4, 0.5) is 20.2 Å². The number of ether oxygens (including phenoxy) is 1. The van der Waals surface area contributed by atoms with E-state index in [4.69, 9.17) is 11.6 Å². The van der Waals surface area contributed by atoms with E-state index in [9.17, 15) is 13.6 Å². The molecule has 1 N–H and O–H groups in total. The van der Waals surface area contributed by atoms with E-state index in [0.717, 1.165) is 5.69 Å². The molecular weight excluding hydrogens is 326 g/mol. The molecule has 4 nitrogen and oxygen atoms in total. The van der Waals surface area contributed by atoms with Gasteiger partial charge < -0.3 is 15.0 Å². The lowest BCUT2D eigenvalue weighted by Gasteiger charge is -2.13. The number of nitrogens with zero attached hydrogens (tertiary/aromatic N) is 1. The van der Waals surface area contributed by atoms with Crippen LogP contribution in [-0.2, 0) is 0 Å². The van der Waals surface area contributed by atoms with Gasteiger partial charge in [0.05, 0.1) is 5.02 Å². The average Bonchev–Trinajstić information content (AvgIpc) is 2.49. The molecule has 1 amide bonds. The van der Waals surface area contributed by atoms with Crippen molar-refractivity contribution in [1.82, 2.24) is 0 Å². The Morgan fingerprint density at radius 3 is 2.35 bits per heavy atom. The summed E-state index contributed by atoms with van der Waals surface area (Å²) in [7, 11) is 3.81. The molecule has 7 heteroatoms. The van der Waals surface area contributed by atoms with Crippen molar-refractivity contribution >= 4 is 28.9 Å². The van der Waals surface area contributed by atoms with Crippen LogP contribution in [0.1, 0.15) is 10.4 Å². The van der Waals surface area contributed by atoms with Crippen molar-refractivity contribution in [1.29, 1.82) is 0 Å². The first-order chi connectivity index (χ1) is 10.9. The Bertz CT molecular complexity index is 691. The standard InChI is InChI=1S/C16H15ClF2N2O2/c1-21(2)12-6-3-10(4-7-12)15(22)20-11-5-8-14(13(17)9-11)23-16(18)19/h3-9,16H,1-2H3,(H,20,22). The lowest BCUT2D eigenvalue weighted by molar-refractivity contribution is -0.0497. The molecule has 0 aromatic heterocycles. The van der Waals surface area contributed by atoms with Crippen LogP contribution in [0.3, 0.4) is 0 Å². The molecule has 122 valence electrons. The SMILES string of the molecule is CN(C)c1ccc(C(=O)Nc2ccc(OC(F)F)c(Cl)c2)cc1. The van der Waals surface area contributed by atoms with Crippen LogP contribution >= 0.6 is 11.6 Å². The van der Waals surface area contributed by atoms with Gasteiger partial charge in [-0.05, 0) is 42.5 Å². The highest BCUT2D eigenvalue weighted by Crippen LogP contribution is 2.29. The smallest absolute Gasteiger partial charge is 0.387 e. The largest absolute Gasteiger partial charge is 0.433 e. The maximum absolute atomic E-state index is 12.2. The maximum Gasteiger partial charge on any atom is 0.387 e. The molecule has 2 aromatic carbocycles. The molecule has 2 aromatic rings. The van der Waals surface area contributed by atoms with Gasteiger partial charge in [-0.3, -0.25) is 4.79 Å². The number of rotatable bonds is 5. The monoisotopic (exact) mass is 340 g/mol. The lowest BCUT2D eigenvalue weighted by atomic mass is 10.2. The van der Waals surface area contributed by atoms with Crippen LogP contribution in [0.15, 0.2) is 42.5 Å². The van der Waals surface area contributed by atoms with E-state index >= 15 is 0 Å². The van der Waals surface area contributed by atoms with E-state index in [-0.39, 0.29) is 16.7 Å². The Morgan fingerprint density at radius 2 is 1.83 bits per heavy atom. The fourth-order valence-corrected chi connectivity index (χ4v) is 2.11. The molecule has 0 aliphatic heterocycles. The Balaban J connectivity index is 2.09. The van der Waals surface area contributed by atoms with Crippen LogP contribution in [-0.4, -0.2) is 26.6 Å². The third kappa shape index (κ3) is 4.56. The number of carbonyl (C=O) groups is 1. The van der Waals surface area contributed by atoms with E-state index in [1.54, 1.807) is 12.1 Å². The Hall–Kier alpha value is -2.34. The zero-order valence-corrected chi connectivity index (χ0v) is 13.3. The number of nitrogens with one attached hydrogen (secondary N) is 1. The Morgan fingerprint density at radius 1 is 1.17 bits per heavy atom. The van der Waals surface area contributed by atoms with Crippen LogP contribution in [0.2, 0.25) is 5.02 Å². The van der Waals surface area contributed by atoms with Crippen LogP contribution in [0, 0.1) is 0 Å². The molecule has 0 atom stereocenters. The Labute approximate surface area is 137 Å². The van der Waals surface area contributed by atoms with Gasteiger partial charge in [0.25, 0.3) is 5.91 Å². The predicted molar refractivity (Wildman–Crippen MR) is 86.8 cm³/mol. The van der Waals surface area contributed by atoms with Crippen molar-refractivity contribution in [2.24, 2.45) is 0 Å². The minimum absolute atomic E-state index is 0.00828. The normalized spacial score (nSPS) is 10.5. The van der Waals surface area contributed by atoms with Gasteiger partial charge in [0.15, 0.2) is 0 Å². The van der Waals surface area contributed by atoms with Crippen molar-refractivity contribution < 1.29 is 18.3 Å². The summed E-state index contributed by atoms with van der Waals surface area (Å²) in [6.07, 6.45) is 0. The molecule has 0 radical (unpaired) electrons. The second kappa shape index (κ2) is 7.28. The van der Waals surface area contributed by atoms with Gasteiger partial charge in [0.1, 0.15) is 5.75 Å². The lowest BCUT2D eigenvalue weighted by Crippen LogP contribution is -2.13. The summed E-state index contributed by atoms with van der Waals surface area (Å²) in [5, 5.41) is 2.64. The fourth-order valence-electron chi connectivity index (χ4n) is 1.88. The number of benzene rings is 2. The molecule has 0 aliphatic rings. The first-order valence-corrected chi connectivity index (χ1v) is 7.07. The molecule has 0 spiro atoms. The van der Waals surface area contributed by atoms with Gasteiger partial charge in [-0.1, -0.05) is 11.6 Å². The van der Waals surface area contributed by atoms with Crippen molar-refractivity contribution in [3.05, 3.63) is 53.1 Å². The van der Waals surface area contributed by atoms with Crippen LogP contribution < -0.4 is 15.0 Å². The molecule has 0 bridgehead atoms. The highest BCUT2D eigenvalue weighted by Gasteiger charge is 2.11. The van der Waals surface area contributed by atoms with Gasteiger partial charge in [-0.25, -0.2) is 0 Å². The van der Waals surface area contributed by atoms with E-state index in [0.29, 0.717) is 11.3 Å². The minimum atomic E-state index is -2.96. The summed E-state index contributed by atoms with van der Waals surface area (Å²) in [5.74, 6) is -0.469. The second-order valence-electron chi connectivity index (χ2n) is 4.92. The summed E-state index contributed by atoms with van der Waals surface area (Å²) >= 11 is 5.84. The van der Waals surface area contributed by atoms with Gasteiger partial charge in [0, 0.05) is 31.0 Å². The first-order valence-electron chi connectivity index (χ1n) is 6.70. The van der Waals surface area contributed by atoms with Crippen molar-refractivity contribution in [3.8, 4) is 5.75 Å². The van der Waals surface area contributed by atoms with Crippen molar-refractivity contribution in [3.63, 3.8) is 0 Å². The molecule has 2 rings (SSSR count). The number of amides is 1. The van der Waals surface area contributed by atoms with E-state index in [2.05, 4.69) is 10.1 Å². The van der Waals surface area contributed by atoms with Gasteiger partial charge in [0.2, 0.25) is 0 Å². The van der Waals surface area contributed by atoms with Gasteiger partial charge in [-0.15, -0.1) is 0 Å². The molecule has 0 fully saturated rings. The number of hydrogen-bond acceptors (Lipinski definition) is 3. The number of hydrogen-bond donors (Lipinski definition) is 1. The highest BCUT2D eigenvalue weighted by atomic mass is 35.5. The van der Waals surface area contributed by atoms with E-state index in [1.807, 2.05) is 31.1 Å². The van der Waals surface area contributed by atoms with Crippen molar-refractivity contribution in [2.45, 2.75) is 6.61 Å². The second-order valence-corrected chi connectivity index (χ2v) is 5.33. The maximum atomic E-state index is 12.2.